The molecule has 6 nitrogen and oxygen atoms in total. The molecule has 0 radical (unpaired) electrons. The van der Waals surface area contributed by atoms with E-state index in [1.54, 1.807) is 6.07 Å². The highest BCUT2D eigenvalue weighted by molar-refractivity contribution is 5.78. The molecule has 0 aliphatic carbocycles. The van der Waals surface area contributed by atoms with Crippen molar-refractivity contribution in [2.24, 2.45) is 0 Å². The van der Waals surface area contributed by atoms with Gasteiger partial charge in [-0.05, 0) is 26.0 Å². The molecule has 1 aliphatic heterocycles. The van der Waals surface area contributed by atoms with Crippen LogP contribution in [0.3, 0.4) is 0 Å². The van der Waals surface area contributed by atoms with Gasteiger partial charge in [-0.3, -0.25) is 14.7 Å². The lowest BCUT2D eigenvalue weighted by Crippen LogP contribution is -2.48. The van der Waals surface area contributed by atoms with Crippen LogP contribution in [-0.2, 0) is 4.74 Å². The Bertz CT molecular complexity index is 705. The highest BCUT2D eigenvalue weighted by Gasteiger charge is 2.19. The lowest BCUT2D eigenvalue weighted by molar-refractivity contribution is 0.0578. The number of H-pyrrole nitrogens is 1. The Labute approximate surface area is 136 Å². The number of hydrogen-bond donors (Lipinski definition) is 1. The molecule has 1 aromatic carbocycles. The molecule has 0 atom stereocenters. The van der Waals surface area contributed by atoms with Gasteiger partial charge < -0.3 is 9.64 Å². The lowest BCUT2D eigenvalue weighted by Gasteiger charge is -2.35. The second-order valence-electron chi connectivity index (χ2n) is 6.15. The van der Waals surface area contributed by atoms with E-state index < -0.39 is 0 Å². The number of anilines is 1. The van der Waals surface area contributed by atoms with Gasteiger partial charge in [-0.15, -0.1) is 0 Å². The van der Waals surface area contributed by atoms with E-state index in [0.717, 1.165) is 44.8 Å². The highest BCUT2D eigenvalue weighted by atomic mass is 16.5. The molecule has 2 heterocycles. The fourth-order valence-electron chi connectivity index (χ4n) is 2.82. The summed E-state index contributed by atoms with van der Waals surface area (Å²) < 4.78 is 5.60. The monoisotopic (exact) mass is 316 g/mol. The van der Waals surface area contributed by atoms with Crippen LogP contribution in [0.25, 0.3) is 10.9 Å². The number of nitrogens with one attached hydrogen (secondary N) is 1. The smallest absolute Gasteiger partial charge is 0.260 e. The number of aromatic amines is 1. The minimum atomic E-state index is -0.0710. The molecule has 1 fully saturated rings. The highest BCUT2D eigenvalue weighted by Crippen LogP contribution is 2.13. The molecular weight excluding hydrogens is 292 g/mol. The zero-order valence-electron chi connectivity index (χ0n) is 13.8. The Balaban J connectivity index is 1.63. The van der Waals surface area contributed by atoms with Crippen LogP contribution < -0.4 is 10.5 Å². The Morgan fingerprint density at radius 2 is 1.96 bits per heavy atom. The molecule has 1 aliphatic rings. The Morgan fingerprint density at radius 1 is 1.22 bits per heavy atom. The minimum absolute atomic E-state index is 0.0710. The average molecular weight is 316 g/mol. The van der Waals surface area contributed by atoms with Crippen LogP contribution in [0, 0.1) is 0 Å². The number of para-hydroxylation sites is 1. The predicted molar refractivity (Wildman–Crippen MR) is 92.1 cm³/mol. The van der Waals surface area contributed by atoms with Crippen LogP contribution >= 0.6 is 0 Å². The predicted octanol–water partition coefficient (Wildman–Crippen LogP) is 1.47. The molecular formula is C17H24N4O2. The summed E-state index contributed by atoms with van der Waals surface area (Å²) in [5.41, 5.74) is 0.678. The largest absolute Gasteiger partial charge is 0.377 e. The minimum Gasteiger partial charge on any atom is -0.377 e. The summed E-state index contributed by atoms with van der Waals surface area (Å²) in [6.07, 6.45) is 0.281. The van der Waals surface area contributed by atoms with Crippen molar-refractivity contribution in [1.82, 2.24) is 14.9 Å². The number of piperazine rings is 1. The van der Waals surface area contributed by atoms with Crippen molar-refractivity contribution in [2.75, 3.05) is 44.2 Å². The summed E-state index contributed by atoms with van der Waals surface area (Å²) in [5.74, 6) is 0.673. The SMILES string of the molecule is CC(C)OCCN1CCN(c2nc3ccccc3c(=O)[nH]2)CC1. The molecule has 6 heteroatoms. The normalized spacial score (nSPS) is 16.4. The van der Waals surface area contributed by atoms with E-state index >= 15 is 0 Å². The van der Waals surface area contributed by atoms with Crippen LogP contribution in [0.15, 0.2) is 29.1 Å². The van der Waals surface area contributed by atoms with Crippen LogP contribution in [0.4, 0.5) is 5.95 Å². The second-order valence-corrected chi connectivity index (χ2v) is 6.15. The summed E-state index contributed by atoms with van der Waals surface area (Å²) >= 11 is 0. The fourth-order valence-corrected chi connectivity index (χ4v) is 2.82. The van der Waals surface area contributed by atoms with E-state index in [9.17, 15) is 4.79 Å². The van der Waals surface area contributed by atoms with Crippen molar-refractivity contribution in [3.63, 3.8) is 0 Å². The molecule has 0 spiro atoms. The zero-order valence-corrected chi connectivity index (χ0v) is 13.8. The number of aromatic nitrogens is 2. The first-order chi connectivity index (χ1) is 11.1. The second kappa shape index (κ2) is 7.10. The van der Waals surface area contributed by atoms with Gasteiger partial charge in [0.25, 0.3) is 5.56 Å². The third-order valence-electron chi connectivity index (χ3n) is 4.13. The number of nitrogens with zero attached hydrogens (tertiary/aromatic N) is 3. The van der Waals surface area contributed by atoms with E-state index in [2.05, 4.69) is 33.6 Å². The number of hydrogen-bond acceptors (Lipinski definition) is 5. The van der Waals surface area contributed by atoms with Crippen LogP contribution in [-0.4, -0.2) is 60.3 Å². The average Bonchev–Trinajstić information content (AvgIpc) is 2.55. The summed E-state index contributed by atoms with van der Waals surface area (Å²) in [7, 11) is 0. The molecule has 2 aromatic rings. The van der Waals surface area contributed by atoms with Crippen molar-refractivity contribution < 1.29 is 4.74 Å². The van der Waals surface area contributed by atoms with Gasteiger partial charge in [0.05, 0.1) is 23.6 Å². The van der Waals surface area contributed by atoms with Gasteiger partial charge in [0, 0.05) is 32.7 Å². The van der Waals surface area contributed by atoms with E-state index in [1.165, 1.54) is 0 Å². The third kappa shape index (κ3) is 3.89. The van der Waals surface area contributed by atoms with Crippen molar-refractivity contribution in [3.05, 3.63) is 34.6 Å². The molecule has 0 amide bonds. The van der Waals surface area contributed by atoms with Crippen molar-refractivity contribution in [2.45, 2.75) is 20.0 Å². The molecule has 0 saturated carbocycles. The number of benzene rings is 1. The summed E-state index contributed by atoms with van der Waals surface area (Å²) in [5, 5.41) is 0.640. The third-order valence-corrected chi connectivity index (χ3v) is 4.13. The zero-order chi connectivity index (χ0) is 16.2. The Kier molecular flexibility index (Phi) is 4.93. The standard InChI is InChI=1S/C17H24N4O2/c1-13(2)23-12-11-20-7-9-21(10-8-20)17-18-15-6-4-3-5-14(15)16(22)19-17/h3-6,13H,7-12H2,1-2H3,(H,18,19,22). The van der Waals surface area contributed by atoms with Gasteiger partial charge in [0.2, 0.25) is 5.95 Å². The Morgan fingerprint density at radius 3 is 2.70 bits per heavy atom. The molecule has 1 N–H and O–H groups in total. The van der Waals surface area contributed by atoms with Crippen molar-refractivity contribution in [3.8, 4) is 0 Å². The van der Waals surface area contributed by atoms with Crippen LogP contribution in [0.1, 0.15) is 13.8 Å². The van der Waals surface area contributed by atoms with Crippen LogP contribution in [0.5, 0.6) is 0 Å². The topological polar surface area (TPSA) is 61.5 Å². The molecule has 3 rings (SSSR count). The van der Waals surface area contributed by atoms with Gasteiger partial charge in [-0.25, -0.2) is 4.98 Å². The summed E-state index contributed by atoms with van der Waals surface area (Å²) in [4.78, 5) is 24.2. The van der Waals surface area contributed by atoms with E-state index in [1.807, 2.05) is 18.2 Å². The summed E-state index contributed by atoms with van der Waals surface area (Å²) in [6, 6.07) is 7.45. The summed E-state index contributed by atoms with van der Waals surface area (Å²) in [6.45, 7) is 9.47. The van der Waals surface area contributed by atoms with E-state index in [-0.39, 0.29) is 11.7 Å². The van der Waals surface area contributed by atoms with Crippen LogP contribution in [0.2, 0.25) is 0 Å². The number of rotatable bonds is 5. The quantitative estimate of drug-likeness (QED) is 0.905. The Hall–Kier alpha value is -1.92. The molecule has 124 valence electrons. The van der Waals surface area contributed by atoms with Gasteiger partial charge in [-0.2, -0.15) is 0 Å². The van der Waals surface area contributed by atoms with Gasteiger partial charge in [-0.1, -0.05) is 12.1 Å². The van der Waals surface area contributed by atoms with Gasteiger partial charge >= 0.3 is 0 Å². The van der Waals surface area contributed by atoms with Gasteiger partial charge in [0.15, 0.2) is 0 Å². The first kappa shape index (κ1) is 16.0. The molecule has 1 aromatic heterocycles. The maximum Gasteiger partial charge on any atom is 0.260 e. The molecule has 1 saturated heterocycles. The lowest BCUT2D eigenvalue weighted by atomic mass is 10.2. The van der Waals surface area contributed by atoms with Crippen molar-refractivity contribution in [1.29, 1.82) is 0 Å². The van der Waals surface area contributed by atoms with E-state index in [4.69, 9.17) is 4.74 Å². The first-order valence-electron chi connectivity index (χ1n) is 8.21. The maximum absolute atomic E-state index is 12.2. The maximum atomic E-state index is 12.2. The molecule has 0 unspecified atom stereocenters. The number of fused-ring (bicyclic) bond motifs is 1. The van der Waals surface area contributed by atoms with E-state index in [0.29, 0.717) is 11.3 Å². The molecule has 0 bridgehead atoms. The van der Waals surface area contributed by atoms with Crippen molar-refractivity contribution >= 4 is 16.9 Å². The fraction of sp³-hybridized carbons (Fsp3) is 0.529. The van der Waals surface area contributed by atoms with Gasteiger partial charge in [0.1, 0.15) is 0 Å². The number of ether oxygens (including phenoxy) is 1. The molecule has 23 heavy (non-hydrogen) atoms. The first-order valence-corrected chi connectivity index (χ1v) is 8.21.